The number of anilines is 1. The number of thiophene rings is 1. The summed E-state index contributed by atoms with van der Waals surface area (Å²) in [4.78, 5) is 15.9. The molecular formula is C19H22N2O2S2. The molecule has 1 N–H and O–H groups in total. The van der Waals surface area contributed by atoms with Crippen LogP contribution in [0.5, 0.6) is 0 Å². The molecule has 0 atom stereocenters. The number of benzene rings is 1. The molecule has 0 bridgehead atoms. The maximum absolute atomic E-state index is 12.7. The highest BCUT2D eigenvalue weighted by molar-refractivity contribution is 7.80. The average Bonchev–Trinajstić information content (AvgIpc) is 3.24. The van der Waals surface area contributed by atoms with Gasteiger partial charge in [0, 0.05) is 23.5 Å². The molecular weight excluding hydrogens is 352 g/mol. The zero-order valence-electron chi connectivity index (χ0n) is 14.5. The third-order valence-corrected chi connectivity index (χ3v) is 5.62. The zero-order chi connectivity index (χ0) is 17.8. The molecule has 2 aromatic rings. The van der Waals surface area contributed by atoms with E-state index in [0.29, 0.717) is 17.3 Å². The number of nitrogens with one attached hydrogen (secondary N) is 1. The number of carbonyl (C=O) groups excluding carboxylic acids is 1. The maximum Gasteiger partial charge on any atom is 0.341 e. The molecule has 3 rings (SSSR count). The van der Waals surface area contributed by atoms with Crippen LogP contribution in [-0.2, 0) is 4.74 Å². The third-order valence-electron chi connectivity index (χ3n) is 4.24. The number of hydrogen-bond acceptors (Lipinski definition) is 4. The predicted molar refractivity (Wildman–Crippen MR) is 107 cm³/mol. The number of ether oxygens (including phenoxy) is 1. The highest BCUT2D eigenvalue weighted by Crippen LogP contribution is 2.40. The molecule has 4 nitrogen and oxygen atoms in total. The molecule has 0 spiro atoms. The summed E-state index contributed by atoms with van der Waals surface area (Å²) in [6.07, 6.45) is 2.32. The Hall–Kier alpha value is -1.92. The summed E-state index contributed by atoms with van der Waals surface area (Å²) in [7, 11) is 0. The Labute approximate surface area is 157 Å². The first-order valence-corrected chi connectivity index (χ1v) is 9.76. The van der Waals surface area contributed by atoms with Gasteiger partial charge in [0.15, 0.2) is 5.11 Å². The second-order valence-electron chi connectivity index (χ2n) is 5.95. The van der Waals surface area contributed by atoms with Gasteiger partial charge in [0.1, 0.15) is 10.6 Å². The lowest BCUT2D eigenvalue weighted by Crippen LogP contribution is -2.32. The van der Waals surface area contributed by atoms with E-state index in [-0.39, 0.29) is 5.97 Å². The topological polar surface area (TPSA) is 41.6 Å². The monoisotopic (exact) mass is 374 g/mol. The van der Waals surface area contributed by atoms with Crippen molar-refractivity contribution in [3.8, 4) is 11.1 Å². The molecule has 1 aliphatic heterocycles. The van der Waals surface area contributed by atoms with E-state index in [4.69, 9.17) is 17.0 Å². The first-order valence-electron chi connectivity index (χ1n) is 8.53. The van der Waals surface area contributed by atoms with Gasteiger partial charge in [-0.2, -0.15) is 0 Å². The summed E-state index contributed by atoms with van der Waals surface area (Å²) in [6.45, 7) is 6.13. The minimum Gasteiger partial charge on any atom is -0.462 e. The van der Waals surface area contributed by atoms with Gasteiger partial charge in [-0.05, 0) is 44.5 Å². The van der Waals surface area contributed by atoms with Crippen LogP contribution in [0.25, 0.3) is 11.1 Å². The van der Waals surface area contributed by atoms with E-state index in [2.05, 4.69) is 10.2 Å². The van der Waals surface area contributed by atoms with Gasteiger partial charge in [0.2, 0.25) is 0 Å². The van der Waals surface area contributed by atoms with Crippen LogP contribution in [0.15, 0.2) is 30.3 Å². The Morgan fingerprint density at radius 3 is 2.60 bits per heavy atom. The van der Waals surface area contributed by atoms with Gasteiger partial charge in [-0.15, -0.1) is 11.3 Å². The van der Waals surface area contributed by atoms with Gasteiger partial charge in [0.05, 0.1) is 6.61 Å². The molecule has 25 heavy (non-hydrogen) atoms. The Morgan fingerprint density at radius 2 is 1.96 bits per heavy atom. The molecule has 0 aliphatic carbocycles. The van der Waals surface area contributed by atoms with Crippen molar-refractivity contribution in [2.45, 2.75) is 26.7 Å². The van der Waals surface area contributed by atoms with Crippen LogP contribution >= 0.6 is 23.6 Å². The van der Waals surface area contributed by atoms with Crippen molar-refractivity contribution in [3.05, 3.63) is 40.8 Å². The summed E-state index contributed by atoms with van der Waals surface area (Å²) >= 11 is 7.10. The summed E-state index contributed by atoms with van der Waals surface area (Å²) in [5, 5.41) is 4.75. The van der Waals surface area contributed by atoms with Crippen LogP contribution in [0, 0.1) is 6.92 Å². The highest BCUT2D eigenvalue weighted by Gasteiger charge is 2.26. The summed E-state index contributed by atoms with van der Waals surface area (Å²) in [6, 6.07) is 9.95. The predicted octanol–water partition coefficient (Wildman–Crippen LogP) is 4.69. The molecule has 2 heterocycles. The fourth-order valence-corrected chi connectivity index (χ4v) is 4.49. The largest absolute Gasteiger partial charge is 0.462 e. The van der Waals surface area contributed by atoms with Gasteiger partial charge in [0.25, 0.3) is 0 Å². The molecule has 6 heteroatoms. The van der Waals surface area contributed by atoms with Crippen molar-refractivity contribution in [1.29, 1.82) is 0 Å². The van der Waals surface area contributed by atoms with Gasteiger partial charge in [-0.1, -0.05) is 30.3 Å². The van der Waals surface area contributed by atoms with Crippen LogP contribution in [0.3, 0.4) is 0 Å². The van der Waals surface area contributed by atoms with E-state index in [0.717, 1.165) is 46.9 Å². The molecule has 1 saturated heterocycles. The van der Waals surface area contributed by atoms with Crippen molar-refractivity contribution in [2.24, 2.45) is 0 Å². The average molecular weight is 375 g/mol. The Balaban J connectivity index is 1.99. The number of nitrogens with zero attached hydrogens (tertiary/aromatic N) is 1. The number of hydrogen-bond donors (Lipinski definition) is 1. The summed E-state index contributed by atoms with van der Waals surface area (Å²) in [5.74, 6) is -0.308. The van der Waals surface area contributed by atoms with Crippen molar-refractivity contribution in [3.63, 3.8) is 0 Å². The fourth-order valence-electron chi connectivity index (χ4n) is 3.08. The Morgan fingerprint density at radius 1 is 1.28 bits per heavy atom. The van der Waals surface area contributed by atoms with Crippen LogP contribution in [-0.4, -0.2) is 35.7 Å². The van der Waals surface area contributed by atoms with Gasteiger partial charge in [-0.3, -0.25) is 0 Å². The van der Waals surface area contributed by atoms with E-state index in [1.807, 2.05) is 44.2 Å². The molecule has 1 fully saturated rings. The van der Waals surface area contributed by atoms with E-state index >= 15 is 0 Å². The molecule has 0 amide bonds. The first kappa shape index (κ1) is 17.9. The zero-order valence-corrected chi connectivity index (χ0v) is 16.1. The minimum absolute atomic E-state index is 0.308. The van der Waals surface area contributed by atoms with Crippen molar-refractivity contribution in [2.75, 3.05) is 25.0 Å². The normalized spacial score (nSPS) is 13.8. The quantitative estimate of drug-likeness (QED) is 0.621. The van der Waals surface area contributed by atoms with Crippen LogP contribution in [0.4, 0.5) is 5.00 Å². The van der Waals surface area contributed by atoms with Crippen LogP contribution < -0.4 is 5.32 Å². The smallest absolute Gasteiger partial charge is 0.341 e. The molecule has 0 unspecified atom stereocenters. The standard InChI is InChI=1S/C19H22N2O2S2/c1-3-23-18(22)16-15(14-9-5-4-6-10-14)13(2)25-17(16)20-19(24)21-11-7-8-12-21/h4-6,9-10H,3,7-8,11-12H2,1-2H3,(H,20,24). The molecule has 0 radical (unpaired) electrons. The molecule has 1 aromatic carbocycles. The number of carbonyl (C=O) groups is 1. The van der Waals surface area contributed by atoms with Gasteiger partial charge < -0.3 is 15.0 Å². The molecule has 132 valence electrons. The van der Waals surface area contributed by atoms with Crippen molar-refractivity contribution >= 4 is 39.6 Å². The lowest BCUT2D eigenvalue weighted by Gasteiger charge is -2.19. The summed E-state index contributed by atoms with van der Waals surface area (Å²) in [5.41, 5.74) is 2.52. The fraction of sp³-hybridized carbons (Fsp3) is 0.368. The number of thiocarbonyl (C=S) groups is 1. The van der Waals surface area contributed by atoms with E-state index < -0.39 is 0 Å². The minimum atomic E-state index is -0.308. The van der Waals surface area contributed by atoms with E-state index in [9.17, 15) is 4.79 Å². The second-order valence-corrected chi connectivity index (χ2v) is 7.56. The lowest BCUT2D eigenvalue weighted by atomic mass is 10.0. The number of rotatable bonds is 4. The van der Waals surface area contributed by atoms with Crippen molar-refractivity contribution in [1.82, 2.24) is 4.90 Å². The maximum atomic E-state index is 12.7. The third kappa shape index (κ3) is 3.85. The molecule has 0 saturated carbocycles. The van der Waals surface area contributed by atoms with Crippen LogP contribution in [0.1, 0.15) is 35.0 Å². The van der Waals surface area contributed by atoms with Crippen LogP contribution in [0.2, 0.25) is 0 Å². The van der Waals surface area contributed by atoms with Crippen molar-refractivity contribution < 1.29 is 9.53 Å². The lowest BCUT2D eigenvalue weighted by molar-refractivity contribution is 0.0529. The first-order chi connectivity index (χ1) is 12.1. The second kappa shape index (κ2) is 7.97. The SMILES string of the molecule is CCOC(=O)c1c(NC(=S)N2CCCC2)sc(C)c1-c1ccccc1. The Bertz CT molecular complexity index is 765. The van der Waals surface area contributed by atoms with E-state index in [1.54, 1.807) is 11.3 Å². The molecule has 1 aliphatic rings. The molecule has 1 aromatic heterocycles. The van der Waals surface area contributed by atoms with Gasteiger partial charge >= 0.3 is 5.97 Å². The van der Waals surface area contributed by atoms with Gasteiger partial charge in [-0.25, -0.2) is 4.79 Å². The number of esters is 1. The summed E-state index contributed by atoms with van der Waals surface area (Å²) < 4.78 is 5.32. The number of aryl methyl sites for hydroxylation is 1. The Kier molecular flexibility index (Phi) is 5.71. The number of likely N-dealkylation sites (tertiary alicyclic amines) is 1. The van der Waals surface area contributed by atoms with E-state index in [1.165, 1.54) is 0 Å². The highest BCUT2D eigenvalue weighted by atomic mass is 32.1.